The number of H-pyrrole nitrogens is 1. The van der Waals surface area contributed by atoms with Gasteiger partial charge in [0.05, 0.1) is 28.6 Å². The number of nitrogens with one attached hydrogen (secondary N) is 2. The zero-order chi connectivity index (χ0) is 19.9. The number of allylic oxidation sites excluding steroid dienone is 2. The number of hydrogen-bond donors (Lipinski definition) is 3. The molecule has 28 heavy (non-hydrogen) atoms. The van der Waals surface area contributed by atoms with E-state index < -0.39 is 17.4 Å². The molecule has 6 nitrogen and oxygen atoms in total. The fraction of sp³-hybridized carbons (Fsp3) is 0.0526. The predicted octanol–water partition coefficient (Wildman–Crippen LogP) is 4.05. The Morgan fingerprint density at radius 3 is 2.68 bits per heavy atom. The molecule has 4 N–H and O–H groups in total. The summed E-state index contributed by atoms with van der Waals surface area (Å²) in [6.07, 6.45) is -0.990. The molecule has 0 saturated heterocycles. The Morgan fingerprint density at radius 1 is 1.18 bits per heavy atom. The molecule has 3 heterocycles. The summed E-state index contributed by atoms with van der Waals surface area (Å²) in [5.74, 6) is 0. The number of nitrogens with two attached hydrogens (primary N) is 1. The quantitative estimate of drug-likeness (QED) is 0.465. The van der Waals surface area contributed by atoms with Crippen LogP contribution in [0.15, 0.2) is 54.5 Å². The first-order valence-electron chi connectivity index (χ1n) is 8.16. The van der Waals surface area contributed by atoms with E-state index in [1.54, 1.807) is 42.7 Å². The predicted molar refractivity (Wildman–Crippen MR) is 101 cm³/mol. The van der Waals surface area contributed by atoms with Crippen molar-refractivity contribution in [1.29, 1.82) is 5.41 Å². The lowest BCUT2D eigenvalue weighted by molar-refractivity contribution is -0.0918. The van der Waals surface area contributed by atoms with Gasteiger partial charge >= 0.3 is 6.18 Å². The molecule has 0 aliphatic rings. The van der Waals surface area contributed by atoms with E-state index >= 15 is 0 Å². The highest BCUT2D eigenvalue weighted by molar-refractivity contribution is 6.15. The van der Waals surface area contributed by atoms with Crippen molar-refractivity contribution in [2.45, 2.75) is 6.18 Å². The second kappa shape index (κ2) is 6.45. The van der Waals surface area contributed by atoms with Crippen molar-refractivity contribution >= 4 is 33.6 Å². The first-order valence-corrected chi connectivity index (χ1v) is 8.16. The van der Waals surface area contributed by atoms with E-state index in [2.05, 4.69) is 20.2 Å². The number of rotatable bonds is 3. The van der Waals surface area contributed by atoms with Crippen LogP contribution in [-0.2, 0) is 0 Å². The van der Waals surface area contributed by atoms with Crippen molar-refractivity contribution in [3.05, 3.63) is 60.2 Å². The van der Waals surface area contributed by atoms with E-state index in [1.807, 2.05) is 0 Å². The van der Waals surface area contributed by atoms with Gasteiger partial charge in [-0.25, -0.2) is 4.98 Å². The fourth-order valence-electron chi connectivity index (χ4n) is 3.06. The van der Waals surface area contributed by atoms with Crippen molar-refractivity contribution < 1.29 is 13.2 Å². The van der Waals surface area contributed by atoms with Gasteiger partial charge in [0.2, 0.25) is 0 Å². The van der Waals surface area contributed by atoms with Crippen LogP contribution in [0.3, 0.4) is 0 Å². The zero-order valence-corrected chi connectivity index (χ0v) is 14.2. The number of nitrogens with zero attached hydrogens (tertiary/aromatic N) is 3. The fourth-order valence-corrected chi connectivity index (χ4v) is 3.06. The average molecular weight is 382 g/mol. The van der Waals surface area contributed by atoms with E-state index in [-0.39, 0.29) is 5.69 Å². The summed E-state index contributed by atoms with van der Waals surface area (Å²) in [6, 6.07) is 10.2. The van der Waals surface area contributed by atoms with Gasteiger partial charge in [0.1, 0.15) is 5.70 Å². The molecule has 0 aliphatic heterocycles. The van der Waals surface area contributed by atoms with Crippen LogP contribution in [-0.4, -0.2) is 32.6 Å². The SMILES string of the molecule is N=CC(=C(N)C(F)(F)F)c1cc(-c2ccccn2)c2c(ccc3[nH]ncc32)n1. The van der Waals surface area contributed by atoms with Crippen LogP contribution in [0.5, 0.6) is 0 Å². The van der Waals surface area contributed by atoms with Crippen molar-refractivity contribution in [2.75, 3.05) is 0 Å². The largest absolute Gasteiger partial charge is 0.431 e. The van der Waals surface area contributed by atoms with Crippen LogP contribution in [0.2, 0.25) is 0 Å². The number of fused-ring (bicyclic) bond motifs is 3. The number of benzene rings is 1. The summed E-state index contributed by atoms with van der Waals surface area (Å²) in [6.45, 7) is 0. The Hall–Kier alpha value is -3.75. The van der Waals surface area contributed by atoms with Gasteiger partial charge in [-0.3, -0.25) is 10.1 Å². The van der Waals surface area contributed by atoms with Crippen molar-refractivity contribution in [3.8, 4) is 11.3 Å². The first kappa shape index (κ1) is 17.7. The van der Waals surface area contributed by atoms with E-state index in [1.165, 1.54) is 6.07 Å². The molecular weight excluding hydrogens is 369 g/mol. The summed E-state index contributed by atoms with van der Waals surface area (Å²) in [5, 5.41) is 15.8. The lowest BCUT2D eigenvalue weighted by Crippen LogP contribution is -2.22. The minimum absolute atomic E-state index is 0.0548. The highest BCUT2D eigenvalue weighted by Crippen LogP contribution is 2.35. The monoisotopic (exact) mass is 382 g/mol. The summed E-state index contributed by atoms with van der Waals surface area (Å²) < 4.78 is 39.4. The van der Waals surface area contributed by atoms with Crippen LogP contribution in [0.25, 0.3) is 38.6 Å². The highest BCUT2D eigenvalue weighted by atomic mass is 19.4. The number of pyridine rings is 2. The second-order valence-corrected chi connectivity index (χ2v) is 6.03. The smallest absolute Gasteiger partial charge is 0.394 e. The number of alkyl halides is 3. The van der Waals surface area contributed by atoms with Gasteiger partial charge in [-0.1, -0.05) is 6.07 Å². The Labute approximate surface area is 156 Å². The Balaban J connectivity index is 2.12. The molecule has 0 spiro atoms. The van der Waals surface area contributed by atoms with E-state index in [9.17, 15) is 13.2 Å². The molecule has 3 aromatic heterocycles. The number of aromatic nitrogens is 4. The molecule has 0 saturated carbocycles. The third-order valence-corrected chi connectivity index (χ3v) is 4.35. The molecule has 0 fully saturated rings. The van der Waals surface area contributed by atoms with Gasteiger partial charge in [0.25, 0.3) is 0 Å². The first-order chi connectivity index (χ1) is 13.4. The molecule has 0 radical (unpaired) electrons. The Bertz CT molecular complexity index is 1230. The molecule has 1 aromatic carbocycles. The molecule has 0 aliphatic carbocycles. The van der Waals surface area contributed by atoms with Gasteiger partial charge in [0, 0.05) is 34.3 Å². The van der Waals surface area contributed by atoms with Gasteiger partial charge in [-0.15, -0.1) is 0 Å². The van der Waals surface area contributed by atoms with Gasteiger partial charge in [-0.05, 0) is 30.3 Å². The van der Waals surface area contributed by atoms with Crippen LogP contribution < -0.4 is 5.73 Å². The standard InChI is InChI=1S/C19H13F3N6/c20-19(21,22)18(24)11(8-23)16-7-10(13-3-1-2-6-25-13)17-12-9-26-28-14(12)4-5-15(17)27-16/h1-9,23H,24H2,(H,26,28). The van der Waals surface area contributed by atoms with E-state index in [4.69, 9.17) is 11.1 Å². The molecule has 0 bridgehead atoms. The number of aromatic amines is 1. The summed E-state index contributed by atoms with van der Waals surface area (Å²) in [7, 11) is 0. The summed E-state index contributed by atoms with van der Waals surface area (Å²) in [5.41, 5.74) is 5.68. The maximum atomic E-state index is 13.1. The third-order valence-electron chi connectivity index (χ3n) is 4.35. The average Bonchev–Trinajstić information content (AvgIpc) is 3.16. The van der Waals surface area contributed by atoms with E-state index in [0.717, 1.165) is 10.9 Å². The van der Waals surface area contributed by atoms with Crippen molar-refractivity contribution in [3.63, 3.8) is 0 Å². The molecule has 0 unspecified atom stereocenters. The molecular formula is C19H13F3N6. The molecule has 9 heteroatoms. The van der Waals surface area contributed by atoms with Crippen LogP contribution >= 0.6 is 0 Å². The van der Waals surface area contributed by atoms with Gasteiger partial charge in [-0.2, -0.15) is 18.3 Å². The molecule has 0 atom stereocenters. The number of halogens is 3. The topological polar surface area (TPSA) is 104 Å². The normalized spacial score (nSPS) is 13.0. The number of hydrogen-bond acceptors (Lipinski definition) is 5. The lowest BCUT2D eigenvalue weighted by atomic mass is 9.98. The summed E-state index contributed by atoms with van der Waals surface area (Å²) >= 11 is 0. The van der Waals surface area contributed by atoms with Crippen molar-refractivity contribution in [1.82, 2.24) is 20.2 Å². The Kier molecular flexibility index (Phi) is 4.07. The minimum atomic E-state index is -4.77. The van der Waals surface area contributed by atoms with Gasteiger partial charge < -0.3 is 11.1 Å². The van der Waals surface area contributed by atoms with Crippen molar-refractivity contribution in [2.24, 2.45) is 5.73 Å². The lowest BCUT2D eigenvalue weighted by Gasteiger charge is -2.14. The Morgan fingerprint density at radius 2 is 2.00 bits per heavy atom. The maximum Gasteiger partial charge on any atom is 0.431 e. The minimum Gasteiger partial charge on any atom is -0.394 e. The maximum absolute atomic E-state index is 13.1. The van der Waals surface area contributed by atoms with Crippen LogP contribution in [0.4, 0.5) is 13.2 Å². The second-order valence-electron chi connectivity index (χ2n) is 6.03. The summed E-state index contributed by atoms with van der Waals surface area (Å²) in [4.78, 5) is 8.66. The van der Waals surface area contributed by atoms with E-state index in [0.29, 0.717) is 28.4 Å². The highest BCUT2D eigenvalue weighted by Gasteiger charge is 2.34. The zero-order valence-electron chi connectivity index (χ0n) is 14.2. The molecule has 4 rings (SSSR count). The molecule has 0 amide bonds. The van der Waals surface area contributed by atoms with Crippen LogP contribution in [0.1, 0.15) is 5.69 Å². The molecule has 4 aromatic rings. The third kappa shape index (κ3) is 2.86. The van der Waals surface area contributed by atoms with Gasteiger partial charge in [0.15, 0.2) is 0 Å². The van der Waals surface area contributed by atoms with Crippen LogP contribution in [0, 0.1) is 5.41 Å². The molecule has 140 valence electrons.